The largest absolute Gasteiger partial charge is 0.464 e. The quantitative estimate of drug-likeness (QED) is 0.712. The van der Waals surface area contributed by atoms with Gasteiger partial charge in [-0.2, -0.15) is 0 Å². The molecular formula is C15H14N2OS. The van der Waals surface area contributed by atoms with Crippen LogP contribution in [-0.2, 0) is 6.42 Å². The van der Waals surface area contributed by atoms with Gasteiger partial charge in [0.2, 0.25) is 0 Å². The Kier molecular flexibility index (Phi) is 3.17. The number of H-pyrrole nitrogens is 1. The highest BCUT2D eigenvalue weighted by Crippen LogP contribution is 2.28. The van der Waals surface area contributed by atoms with Crippen molar-refractivity contribution >= 4 is 23.2 Å². The second-order valence-corrected chi connectivity index (χ2v) is 4.91. The minimum Gasteiger partial charge on any atom is -0.464 e. The molecule has 0 aliphatic rings. The van der Waals surface area contributed by atoms with Crippen LogP contribution in [0.4, 0.5) is 0 Å². The fourth-order valence-electron chi connectivity index (χ4n) is 2.20. The number of hydrogen-bond acceptors (Lipinski definition) is 3. The van der Waals surface area contributed by atoms with E-state index in [1.54, 1.807) is 6.26 Å². The molecule has 3 rings (SSSR count). The van der Waals surface area contributed by atoms with Crippen LogP contribution in [0.3, 0.4) is 0 Å². The van der Waals surface area contributed by atoms with Crippen LogP contribution in [0.2, 0.25) is 0 Å². The standard InChI is InChI=1S/C15H14N2OS/c1-2-5-10-8-14(19)17-15(16-10)12-9-18-13-7-4-3-6-11(12)13/h3-4,6-9H,2,5H2,1H3,(H,16,17,19). The summed E-state index contributed by atoms with van der Waals surface area (Å²) < 4.78 is 6.16. The SMILES string of the molecule is CCCc1cc(=S)nc(-c2coc3ccccc23)[nH]1. The summed E-state index contributed by atoms with van der Waals surface area (Å²) in [5.74, 6) is 0.779. The van der Waals surface area contributed by atoms with Crippen molar-refractivity contribution in [1.82, 2.24) is 9.97 Å². The van der Waals surface area contributed by atoms with Gasteiger partial charge in [0.25, 0.3) is 0 Å². The molecule has 0 fully saturated rings. The normalized spacial score (nSPS) is 11.0. The molecule has 3 aromatic rings. The predicted molar refractivity (Wildman–Crippen MR) is 78.6 cm³/mol. The summed E-state index contributed by atoms with van der Waals surface area (Å²) in [6, 6.07) is 9.85. The first-order valence-electron chi connectivity index (χ1n) is 6.35. The van der Waals surface area contributed by atoms with E-state index >= 15 is 0 Å². The third kappa shape index (κ3) is 2.31. The number of hydrogen-bond donors (Lipinski definition) is 1. The van der Waals surface area contributed by atoms with Crippen molar-refractivity contribution in [2.75, 3.05) is 0 Å². The molecule has 0 amide bonds. The van der Waals surface area contributed by atoms with Gasteiger partial charge in [-0.15, -0.1) is 0 Å². The highest BCUT2D eigenvalue weighted by Gasteiger charge is 2.10. The Morgan fingerprint density at radius 1 is 1.32 bits per heavy atom. The third-order valence-electron chi connectivity index (χ3n) is 3.05. The van der Waals surface area contributed by atoms with Gasteiger partial charge in [0.1, 0.15) is 22.3 Å². The van der Waals surface area contributed by atoms with Crippen molar-refractivity contribution in [2.45, 2.75) is 19.8 Å². The first-order valence-corrected chi connectivity index (χ1v) is 6.75. The van der Waals surface area contributed by atoms with Crippen molar-refractivity contribution in [3.05, 3.63) is 46.9 Å². The number of aromatic nitrogens is 2. The lowest BCUT2D eigenvalue weighted by Gasteiger charge is -2.03. The number of benzene rings is 1. The number of para-hydroxylation sites is 1. The average molecular weight is 270 g/mol. The molecule has 1 N–H and O–H groups in total. The molecule has 1 aromatic carbocycles. The number of rotatable bonds is 3. The van der Waals surface area contributed by atoms with E-state index in [2.05, 4.69) is 16.9 Å². The van der Waals surface area contributed by atoms with Crippen molar-refractivity contribution in [2.24, 2.45) is 0 Å². The second-order valence-electron chi connectivity index (χ2n) is 4.49. The zero-order valence-electron chi connectivity index (χ0n) is 10.6. The summed E-state index contributed by atoms with van der Waals surface area (Å²) in [6.07, 6.45) is 3.77. The van der Waals surface area contributed by atoms with Crippen LogP contribution < -0.4 is 0 Å². The van der Waals surface area contributed by atoms with E-state index in [1.807, 2.05) is 30.3 Å². The van der Waals surface area contributed by atoms with Crippen LogP contribution in [0.1, 0.15) is 19.0 Å². The Bertz CT molecular complexity index is 773. The number of furan rings is 1. The van der Waals surface area contributed by atoms with Crippen molar-refractivity contribution < 1.29 is 4.42 Å². The first-order chi connectivity index (χ1) is 9.28. The Morgan fingerprint density at radius 3 is 3.00 bits per heavy atom. The van der Waals surface area contributed by atoms with Gasteiger partial charge >= 0.3 is 0 Å². The maximum absolute atomic E-state index is 5.55. The van der Waals surface area contributed by atoms with Crippen LogP contribution in [0.25, 0.3) is 22.4 Å². The molecule has 96 valence electrons. The van der Waals surface area contributed by atoms with E-state index in [9.17, 15) is 0 Å². The highest BCUT2D eigenvalue weighted by atomic mass is 32.1. The Balaban J connectivity index is 2.18. The molecule has 0 saturated heterocycles. The first kappa shape index (κ1) is 12.1. The van der Waals surface area contributed by atoms with E-state index < -0.39 is 0 Å². The molecule has 0 aliphatic carbocycles. The van der Waals surface area contributed by atoms with Crippen molar-refractivity contribution in [3.8, 4) is 11.4 Å². The summed E-state index contributed by atoms with van der Waals surface area (Å²) in [5.41, 5.74) is 2.93. The summed E-state index contributed by atoms with van der Waals surface area (Å²) in [7, 11) is 0. The lowest BCUT2D eigenvalue weighted by atomic mass is 10.1. The van der Waals surface area contributed by atoms with Crippen LogP contribution >= 0.6 is 12.2 Å². The zero-order valence-corrected chi connectivity index (χ0v) is 11.5. The van der Waals surface area contributed by atoms with Crippen molar-refractivity contribution in [1.29, 1.82) is 0 Å². The lowest BCUT2D eigenvalue weighted by Crippen LogP contribution is -1.95. The van der Waals surface area contributed by atoms with Gasteiger partial charge in [-0.3, -0.25) is 0 Å². The van der Waals surface area contributed by atoms with Crippen LogP contribution in [0.5, 0.6) is 0 Å². The number of nitrogens with zero attached hydrogens (tertiary/aromatic N) is 1. The van der Waals surface area contributed by atoms with Crippen LogP contribution in [0.15, 0.2) is 41.0 Å². The smallest absolute Gasteiger partial charge is 0.143 e. The van der Waals surface area contributed by atoms with Gasteiger partial charge in [-0.1, -0.05) is 43.8 Å². The average Bonchev–Trinajstić information content (AvgIpc) is 2.82. The fraction of sp³-hybridized carbons (Fsp3) is 0.200. The maximum atomic E-state index is 5.55. The molecule has 0 unspecified atom stereocenters. The molecular weight excluding hydrogens is 256 g/mol. The van der Waals surface area contributed by atoms with E-state index in [0.717, 1.165) is 40.9 Å². The number of aryl methyl sites for hydroxylation is 1. The Labute approximate surface area is 116 Å². The maximum Gasteiger partial charge on any atom is 0.143 e. The van der Waals surface area contributed by atoms with E-state index in [0.29, 0.717) is 4.64 Å². The van der Waals surface area contributed by atoms with Crippen LogP contribution in [0, 0.1) is 4.64 Å². The number of nitrogens with one attached hydrogen (secondary N) is 1. The minimum absolute atomic E-state index is 0.613. The van der Waals surface area contributed by atoms with Gasteiger partial charge in [0.05, 0.1) is 5.56 Å². The molecule has 19 heavy (non-hydrogen) atoms. The molecule has 0 spiro atoms. The zero-order chi connectivity index (χ0) is 13.2. The number of fused-ring (bicyclic) bond motifs is 1. The summed E-state index contributed by atoms with van der Waals surface area (Å²) >= 11 is 5.24. The topological polar surface area (TPSA) is 41.8 Å². The van der Waals surface area contributed by atoms with Gasteiger partial charge in [-0.25, -0.2) is 4.98 Å². The molecule has 0 aliphatic heterocycles. The molecule has 0 radical (unpaired) electrons. The Hall–Kier alpha value is -1.94. The minimum atomic E-state index is 0.613. The predicted octanol–water partition coefficient (Wildman–Crippen LogP) is 4.50. The third-order valence-corrected chi connectivity index (χ3v) is 3.26. The van der Waals surface area contributed by atoms with Gasteiger partial charge in [0.15, 0.2) is 0 Å². The second kappa shape index (κ2) is 4.97. The molecule has 2 aromatic heterocycles. The molecule has 4 heteroatoms. The molecule has 3 nitrogen and oxygen atoms in total. The number of aromatic amines is 1. The summed E-state index contributed by atoms with van der Waals surface area (Å²) in [6.45, 7) is 2.14. The van der Waals surface area contributed by atoms with E-state index in [-0.39, 0.29) is 0 Å². The van der Waals surface area contributed by atoms with E-state index in [1.165, 1.54) is 0 Å². The summed E-state index contributed by atoms with van der Waals surface area (Å²) in [5, 5.41) is 1.05. The fourth-order valence-corrected chi connectivity index (χ4v) is 2.43. The van der Waals surface area contributed by atoms with Gasteiger partial charge < -0.3 is 9.40 Å². The Morgan fingerprint density at radius 2 is 2.16 bits per heavy atom. The highest BCUT2D eigenvalue weighted by molar-refractivity contribution is 7.71. The van der Waals surface area contributed by atoms with Crippen LogP contribution in [-0.4, -0.2) is 9.97 Å². The molecule has 0 bridgehead atoms. The summed E-state index contributed by atoms with van der Waals surface area (Å²) in [4.78, 5) is 7.75. The van der Waals surface area contributed by atoms with Gasteiger partial charge in [-0.05, 0) is 18.6 Å². The van der Waals surface area contributed by atoms with E-state index in [4.69, 9.17) is 16.6 Å². The molecule has 2 heterocycles. The van der Waals surface area contributed by atoms with Crippen molar-refractivity contribution in [3.63, 3.8) is 0 Å². The molecule has 0 atom stereocenters. The lowest BCUT2D eigenvalue weighted by molar-refractivity contribution is 0.616. The monoisotopic (exact) mass is 270 g/mol. The molecule has 0 saturated carbocycles. The van der Waals surface area contributed by atoms with Gasteiger partial charge in [0, 0.05) is 11.1 Å².